The molecule has 2 N–H and O–H groups in total. The number of halogens is 2. The molecule has 1 aliphatic heterocycles. The maximum absolute atomic E-state index is 11.8. The van der Waals surface area contributed by atoms with Crippen LogP contribution in [0, 0.1) is 0 Å². The molecule has 3 aromatic rings. The Morgan fingerprint density at radius 1 is 0.892 bits per heavy atom. The number of methoxy groups -OCH3 is 1. The van der Waals surface area contributed by atoms with Crippen LogP contribution in [0.3, 0.4) is 0 Å². The average Bonchev–Trinajstić information content (AvgIpc) is 2.91. The number of rotatable bonds is 8. The van der Waals surface area contributed by atoms with Crippen molar-refractivity contribution in [3.8, 4) is 11.5 Å². The van der Waals surface area contributed by atoms with Crippen molar-refractivity contribution in [2.45, 2.75) is 50.2 Å². The monoisotopic (exact) mass is 546 g/mol. The van der Waals surface area contributed by atoms with E-state index in [0.717, 1.165) is 81.0 Å². The molecule has 202 valence electrons. The van der Waals surface area contributed by atoms with Crippen molar-refractivity contribution in [2.24, 2.45) is 0 Å². The van der Waals surface area contributed by atoms with E-state index in [4.69, 9.17) is 9.47 Å². The summed E-state index contributed by atoms with van der Waals surface area (Å²) in [5.41, 5.74) is 1.60. The molecule has 0 radical (unpaired) electrons. The second-order valence-corrected chi connectivity index (χ2v) is 10.1. The summed E-state index contributed by atoms with van der Waals surface area (Å²) < 4.78 is 12.0. The van der Waals surface area contributed by atoms with Crippen LogP contribution < -0.4 is 14.8 Å². The minimum atomic E-state index is -0.665. The van der Waals surface area contributed by atoms with Crippen LogP contribution in [-0.4, -0.2) is 55.4 Å². The standard InChI is InChI=1S/C30H38N2O3.2ClH/c1-34-29-20-26(27(21-32-17-15-31-16-18-32)30(33)13-5-2-6-14-30)11-12-28(29)35-22-23-9-10-24-7-3-4-8-25(24)19-23;;/h3-4,7-12,19-20,27,31,33H,2,5-6,13-18,21-22H2,1H3;2*1H. The fourth-order valence-electron chi connectivity index (χ4n) is 5.76. The molecule has 7 heteroatoms. The van der Waals surface area contributed by atoms with Gasteiger partial charge in [0.15, 0.2) is 11.5 Å². The number of fused-ring (bicyclic) bond motifs is 1. The number of hydrogen-bond acceptors (Lipinski definition) is 5. The lowest BCUT2D eigenvalue weighted by Gasteiger charge is -2.42. The van der Waals surface area contributed by atoms with Crippen molar-refractivity contribution in [3.63, 3.8) is 0 Å². The normalized spacial score (nSPS) is 18.3. The van der Waals surface area contributed by atoms with Crippen molar-refractivity contribution in [1.82, 2.24) is 10.2 Å². The highest BCUT2D eigenvalue weighted by Crippen LogP contribution is 2.42. The molecule has 1 saturated carbocycles. The summed E-state index contributed by atoms with van der Waals surface area (Å²) in [6.45, 7) is 5.42. The Balaban J connectivity index is 0.00000190. The van der Waals surface area contributed by atoms with E-state index in [9.17, 15) is 5.11 Å². The second-order valence-electron chi connectivity index (χ2n) is 10.1. The number of ether oxygens (including phenoxy) is 2. The highest BCUT2D eigenvalue weighted by atomic mass is 35.5. The van der Waals surface area contributed by atoms with Gasteiger partial charge in [-0.15, -0.1) is 24.8 Å². The average molecular weight is 548 g/mol. The van der Waals surface area contributed by atoms with Crippen molar-refractivity contribution in [1.29, 1.82) is 0 Å². The lowest BCUT2D eigenvalue weighted by molar-refractivity contribution is -0.0317. The zero-order valence-corrected chi connectivity index (χ0v) is 23.3. The molecule has 1 unspecified atom stereocenters. The third-order valence-corrected chi connectivity index (χ3v) is 7.82. The van der Waals surface area contributed by atoms with Gasteiger partial charge in [-0.1, -0.05) is 61.7 Å². The van der Waals surface area contributed by atoms with E-state index >= 15 is 0 Å². The number of piperazine rings is 1. The smallest absolute Gasteiger partial charge is 0.161 e. The Hall–Kier alpha value is -2.02. The SMILES string of the molecule is COc1cc(C(CN2CCNCC2)C2(O)CCCCC2)ccc1OCc1ccc2ccccc2c1.Cl.Cl. The van der Waals surface area contributed by atoms with E-state index in [1.165, 1.54) is 17.2 Å². The largest absolute Gasteiger partial charge is 0.493 e. The second kappa shape index (κ2) is 13.7. The summed E-state index contributed by atoms with van der Waals surface area (Å²) in [4.78, 5) is 2.49. The number of benzene rings is 3. The lowest BCUT2D eigenvalue weighted by atomic mass is 9.72. The third-order valence-electron chi connectivity index (χ3n) is 7.82. The van der Waals surface area contributed by atoms with E-state index in [0.29, 0.717) is 6.61 Å². The van der Waals surface area contributed by atoms with Gasteiger partial charge in [0.1, 0.15) is 6.61 Å². The van der Waals surface area contributed by atoms with E-state index in [1.54, 1.807) is 7.11 Å². The molecular weight excluding hydrogens is 507 g/mol. The van der Waals surface area contributed by atoms with Gasteiger partial charge in [0.2, 0.25) is 0 Å². The highest BCUT2D eigenvalue weighted by Gasteiger charge is 2.40. The molecule has 5 nitrogen and oxygen atoms in total. The minimum Gasteiger partial charge on any atom is -0.493 e. The molecule has 3 aromatic carbocycles. The Bertz CT molecular complexity index is 1130. The van der Waals surface area contributed by atoms with Crippen molar-refractivity contribution in [2.75, 3.05) is 39.8 Å². The molecule has 1 atom stereocenters. The first kappa shape index (κ1) is 29.5. The van der Waals surface area contributed by atoms with Gasteiger partial charge in [0.05, 0.1) is 12.7 Å². The van der Waals surface area contributed by atoms with Gasteiger partial charge in [-0.05, 0) is 52.9 Å². The van der Waals surface area contributed by atoms with Crippen LogP contribution in [0.2, 0.25) is 0 Å². The van der Waals surface area contributed by atoms with E-state index < -0.39 is 5.60 Å². The molecular formula is C30H40Cl2N2O3. The van der Waals surface area contributed by atoms with Gasteiger partial charge in [-0.2, -0.15) is 0 Å². The van der Waals surface area contributed by atoms with Crippen LogP contribution in [0.15, 0.2) is 60.7 Å². The topological polar surface area (TPSA) is 54.0 Å². The van der Waals surface area contributed by atoms with Crippen LogP contribution in [0.5, 0.6) is 11.5 Å². The van der Waals surface area contributed by atoms with E-state index in [-0.39, 0.29) is 30.7 Å². The van der Waals surface area contributed by atoms with Crippen molar-refractivity contribution in [3.05, 3.63) is 71.8 Å². The van der Waals surface area contributed by atoms with Crippen LogP contribution in [0.25, 0.3) is 10.8 Å². The molecule has 1 heterocycles. The number of nitrogens with one attached hydrogen (secondary N) is 1. The fraction of sp³-hybridized carbons (Fsp3) is 0.467. The third kappa shape index (κ3) is 7.10. The van der Waals surface area contributed by atoms with Gasteiger partial charge in [0, 0.05) is 38.6 Å². The summed E-state index contributed by atoms with van der Waals surface area (Å²) in [5, 5.41) is 17.7. The van der Waals surface area contributed by atoms with Gasteiger partial charge >= 0.3 is 0 Å². The van der Waals surface area contributed by atoms with Gasteiger partial charge in [0.25, 0.3) is 0 Å². The van der Waals surface area contributed by atoms with Crippen LogP contribution in [0.4, 0.5) is 0 Å². The molecule has 0 spiro atoms. The zero-order chi connectivity index (χ0) is 24.1. The number of nitrogens with zero attached hydrogens (tertiary/aromatic N) is 1. The predicted molar refractivity (Wildman–Crippen MR) is 156 cm³/mol. The Labute approximate surface area is 233 Å². The van der Waals surface area contributed by atoms with E-state index in [2.05, 4.69) is 64.8 Å². The highest BCUT2D eigenvalue weighted by molar-refractivity contribution is 5.85. The fourth-order valence-corrected chi connectivity index (χ4v) is 5.76. The first-order valence-electron chi connectivity index (χ1n) is 13.1. The number of aliphatic hydroxyl groups is 1. The Morgan fingerprint density at radius 3 is 2.35 bits per heavy atom. The maximum atomic E-state index is 11.8. The molecule has 1 aliphatic carbocycles. The lowest BCUT2D eigenvalue weighted by Crippen LogP contribution is -2.49. The summed E-state index contributed by atoms with van der Waals surface area (Å²) in [5.74, 6) is 1.53. The molecule has 2 aliphatic rings. The number of hydrogen-bond donors (Lipinski definition) is 2. The molecule has 2 fully saturated rings. The van der Waals surface area contributed by atoms with Crippen LogP contribution >= 0.6 is 24.8 Å². The van der Waals surface area contributed by atoms with Gasteiger partial charge in [-0.25, -0.2) is 0 Å². The summed E-state index contributed by atoms with van der Waals surface area (Å²) in [7, 11) is 1.70. The molecule has 5 rings (SSSR count). The summed E-state index contributed by atoms with van der Waals surface area (Å²) in [6.07, 6.45) is 5.14. The Kier molecular flexibility index (Phi) is 10.9. The molecule has 0 bridgehead atoms. The molecule has 37 heavy (non-hydrogen) atoms. The van der Waals surface area contributed by atoms with Gasteiger partial charge < -0.3 is 24.8 Å². The molecule has 0 aromatic heterocycles. The molecule has 1 saturated heterocycles. The summed E-state index contributed by atoms with van der Waals surface area (Å²) in [6, 6.07) is 21.1. The first-order valence-corrected chi connectivity index (χ1v) is 13.1. The van der Waals surface area contributed by atoms with E-state index in [1.807, 2.05) is 6.07 Å². The maximum Gasteiger partial charge on any atom is 0.161 e. The quantitative estimate of drug-likeness (QED) is 0.365. The van der Waals surface area contributed by atoms with Crippen LogP contribution in [0.1, 0.15) is 49.1 Å². The summed E-state index contributed by atoms with van der Waals surface area (Å²) >= 11 is 0. The molecule has 0 amide bonds. The van der Waals surface area contributed by atoms with Crippen LogP contribution in [-0.2, 0) is 6.61 Å². The van der Waals surface area contributed by atoms with Crippen molar-refractivity contribution < 1.29 is 14.6 Å². The zero-order valence-electron chi connectivity index (χ0n) is 21.7. The Morgan fingerprint density at radius 2 is 1.62 bits per heavy atom. The predicted octanol–water partition coefficient (Wildman–Crippen LogP) is 5.96. The van der Waals surface area contributed by atoms with Crippen molar-refractivity contribution >= 4 is 35.6 Å². The van der Waals surface area contributed by atoms with Gasteiger partial charge in [-0.3, -0.25) is 0 Å². The minimum absolute atomic E-state index is 0. The first-order chi connectivity index (χ1) is 17.1.